The van der Waals surface area contributed by atoms with Crippen molar-refractivity contribution in [1.29, 1.82) is 0 Å². The van der Waals surface area contributed by atoms with Crippen LogP contribution in [-0.4, -0.2) is 16.7 Å². The highest BCUT2D eigenvalue weighted by Crippen LogP contribution is 2.17. The fourth-order valence-electron chi connectivity index (χ4n) is 2.14. The SMILES string of the molecule is CCCCCn1c(=O)[nH]c(=O)c2cc(OC)ccc21. The Morgan fingerprint density at radius 3 is 2.74 bits per heavy atom. The number of hydrogen-bond acceptors (Lipinski definition) is 3. The topological polar surface area (TPSA) is 64.1 Å². The lowest BCUT2D eigenvalue weighted by Gasteiger charge is -2.10. The van der Waals surface area contributed by atoms with E-state index in [1.54, 1.807) is 29.9 Å². The van der Waals surface area contributed by atoms with E-state index >= 15 is 0 Å². The lowest BCUT2D eigenvalue weighted by Crippen LogP contribution is -2.30. The molecule has 0 fully saturated rings. The van der Waals surface area contributed by atoms with E-state index < -0.39 is 0 Å². The molecule has 0 aliphatic heterocycles. The van der Waals surface area contributed by atoms with Crippen molar-refractivity contribution in [3.05, 3.63) is 39.0 Å². The Hall–Kier alpha value is -2.04. The van der Waals surface area contributed by atoms with Crippen LogP contribution >= 0.6 is 0 Å². The number of ether oxygens (including phenoxy) is 1. The van der Waals surface area contributed by atoms with E-state index in [9.17, 15) is 9.59 Å². The van der Waals surface area contributed by atoms with Gasteiger partial charge in [0.05, 0.1) is 18.0 Å². The number of benzene rings is 1. The highest BCUT2D eigenvalue weighted by molar-refractivity contribution is 5.79. The van der Waals surface area contributed by atoms with Gasteiger partial charge in [-0.25, -0.2) is 4.79 Å². The third-order valence-electron chi connectivity index (χ3n) is 3.19. The quantitative estimate of drug-likeness (QED) is 0.837. The molecule has 1 aromatic carbocycles. The largest absolute Gasteiger partial charge is 0.497 e. The molecule has 1 heterocycles. The third-order valence-corrected chi connectivity index (χ3v) is 3.19. The summed E-state index contributed by atoms with van der Waals surface area (Å²) in [4.78, 5) is 26.1. The average Bonchev–Trinajstić information content (AvgIpc) is 2.42. The van der Waals surface area contributed by atoms with Gasteiger partial charge in [0.15, 0.2) is 0 Å². The van der Waals surface area contributed by atoms with Crippen molar-refractivity contribution in [2.45, 2.75) is 32.7 Å². The van der Waals surface area contributed by atoms with Crippen LogP contribution in [0, 0.1) is 0 Å². The minimum absolute atomic E-state index is 0.348. The van der Waals surface area contributed by atoms with Crippen molar-refractivity contribution in [2.75, 3.05) is 7.11 Å². The molecule has 0 spiro atoms. The second-order valence-corrected chi connectivity index (χ2v) is 4.50. The smallest absolute Gasteiger partial charge is 0.328 e. The molecule has 0 aliphatic rings. The molecule has 102 valence electrons. The van der Waals surface area contributed by atoms with Crippen LogP contribution in [-0.2, 0) is 6.54 Å². The molecule has 5 nitrogen and oxygen atoms in total. The van der Waals surface area contributed by atoms with E-state index in [4.69, 9.17) is 4.74 Å². The van der Waals surface area contributed by atoms with Gasteiger partial charge in [0, 0.05) is 6.54 Å². The molecular weight excluding hydrogens is 244 g/mol. The van der Waals surface area contributed by atoms with Gasteiger partial charge >= 0.3 is 5.69 Å². The number of unbranched alkanes of at least 4 members (excludes halogenated alkanes) is 2. The number of rotatable bonds is 5. The fraction of sp³-hybridized carbons (Fsp3) is 0.429. The van der Waals surface area contributed by atoms with Gasteiger partial charge in [0.25, 0.3) is 5.56 Å². The average molecular weight is 262 g/mol. The highest BCUT2D eigenvalue weighted by Gasteiger charge is 2.08. The summed E-state index contributed by atoms with van der Waals surface area (Å²) in [6, 6.07) is 5.18. The summed E-state index contributed by atoms with van der Waals surface area (Å²) < 4.78 is 6.72. The first-order valence-electron chi connectivity index (χ1n) is 6.48. The number of fused-ring (bicyclic) bond motifs is 1. The number of aryl methyl sites for hydroxylation is 1. The second kappa shape index (κ2) is 5.73. The Morgan fingerprint density at radius 1 is 1.26 bits per heavy atom. The van der Waals surface area contributed by atoms with Crippen LogP contribution in [0.5, 0.6) is 5.75 Å². The molecule has 0 aliphatic carbocycles. The molecule has 5 heteroatoms. The molecule has 1 aromatic heterocycles. The fourth-order valence-corrected chi connectivity index (χ4v) is 2.14. The van der Waals surface area contributed by atoms with Crippen LogP contribution in [0.3, 0.4) is 0 Å². The lowest BCUT2D eigenvalue weighted by molar-refractivity contribution is 0.415. The second-order valence-electron chi connectivity index (χ2n) is 4.50. The molecule has 0 atom stereocenters. The Labute approximate surface area is 110 Å². The molecule has 19 heavy (non-hydrogen) atoms. The predicted molar refractivity (Wildman–Crippen MR) is 74.9 cm³/mol. The van der Waals surface area contributed by atoms with E-state index in [1.807, 2.05) is 0 Å². The number of methoxy groups -OCH3 is 1. The Balaban J connectivity index is 2.56. The summed E-state index contributed by atoms with van der Waals surface area (Å²) in [6.45, 7) is 2.73. The summed E-state index contributed by atoms with van der Waals surface area (Å²) in [7, 11) is 1.55. The van der Waals surface area contributed by atoms with Gasteiger partial charge in [0.1, 0.15) is 5.75 Å². The summed E-state index contributed by atoms with van der Waals surface area (Å²) >= 11 is 0. The molecule has 0 saturated heterocycles. The Kier molecular flexibility index (Phi) is 4.04. The standard InChI is InChI=1S/C14H18N2O3/c1-3-4-5-8-16-12-7-6-10(19-2)9-11(12)13(17)15-14(16)18/h6-7,9H,3-5,8H2,1-2H3,(H,15,17,18). The van der Waals surface area contributed by atoms with Crippen LogP contribution in [0.4, 0.5) is 0 Å². The van der Waals surface area contributed by atoms with Gasteiger partial charge in [-0.2, -0.15) is 0 Å². The van der Waals surface area contributed by atoms with Crippen LogP contribution in [0.1, 0.15) is 26.2 Å². The molecule has 0 amide bonds. The summed E-state index contributed by atoms with van der Waals surface area (Å²) in [6.07, 6.45) is 3.07. The molecule has 0 saturated carbocycles. The van der Waals surface area contributed by atoms with Crippen LogP contribution in [0.2, 0.25) is 0 Å². The zero-order valence-corrected chi connectivity index (χ0v) is 11.2. The minimum Gasteiger partial charge on any atom is -0.497 e. The number of H-pyrrole nitrogens is 1. The first-order valence-corrected chi connectivity index (χ1v) is 6.48. The van der Waals surface area contributed by atoms with Gasteiger partial charge in [-0.3, -0.25) is 14.3 Å². The third kappa shape index (κ3) is 2.70. The van der Waals surface area contributed by atoms with Crippen molar-refractivity contribution in [3.8, 4) is 5.75 Å². The van der Waals surface area contributed by atoms with Crippen molar-refractivity contribution >= 4 is 10.9 Å². The maximum absolute atomic E-state index is 11.9. The zero-order valence-electron chi connectivity index (χ0n) is 11.2. The maximum atomic E-state index is 11.9. The van der Waals surface area contributed by atoms with Gasteiger partial charge in [-0.1, -0.05) is 19.8 Å². The first kappa shape index (κ1) is 13.4. The summed E-state index contributed by atoms with van der Waals surface area (Å²) in [5.74, 6) is 0.608. The highest BCUT2D eigenvalue weighted by atomic mass is 16.5. The van der Waals surface area contributed by atoms with Crippen molar-refractivity contribution < 1.29 is 4.74 Å². The van der Waals surface area contributed by atoms with Gasteiger partial charge in [0.2, 0.25) is 0 Å². The maximum Gasteiger partial charge on any atom is 0.328 e. The van der Waals surface area contributed by atoms with Crippen molar-refractivity contribution in [1.82, 2.24) is 9.55 Å². The number of hydrogen-bond donors (Lipinski definition) is 1. The van der Waals surface area contributed by atoms with Crippen molar-refractivity contribution in [3.63, 3.8) is 0 Å². The number of aromatic amines is 1. The first-order chi connectivity index (χ1) is 9.17. The number of nitrogens with one attached hydrogen (secondary N) is 1. The van der Waals surface area contributed by atoms with Crippen molar-refractivity contribution in [2.24, 2.45) is 0 Å². The van der Waals surface area contributed by atoms with Gasteiger partial charge in [-0.15, -0.1) is 0 Å². The van der Waals surface area contributed by atoms with Crippen LogP contribution in [0.25, 0.3) is 10.9 Å². The molecule has 0 unspecified atom stereocenters. The minimum atomic E-state index is -0.370. The summed E-state index contributed by atoms with van der Waals surface area (Å²) in [5.41, 5.74) is -0.0601. The van der Waals surface area contributed by atoms with Crippen LogP contribution < -0.4 is 16.0 Å². The number of aromatic nitrogens is 2. The lowest BCUT2D eigenvalue weighted by atomic mass is 10.2. The van der Waals surface area contributed by atoms with E-state index in [-0.39, 0.29) is 11.2 Å². The van der Waals surface area contributed by atoms with Gasteiger partial charge in [-0.05, 0) is 24.6 Å². The van der Waals surface area contributed by atoms with E-state index in [1.165, 1.54) is 0 Å². The normalized spacial score (nSPS) is 10.8. The number of nitrogens with zero attached hydrogens (tertiary/aromatic N) is 1. The Bertz CT molecular complexity index is 685. The monoisotopic (exact) mass is 262 g/mol. The van der Waals surface area contributed by atoms with E-state index in [0.29, 0.717) is 23.2 Å². The Morgan fingerprint density at radius 2 is 2.05 bits per heavy atom. The molecule has 0 bridgehead atoms. The molecule has 2 rings (SSSR count). The molecular formula is C14H18N2O3. The van der Waals surface area contributed by atoms with Gasteiger partial charge < -0.3 is 4.74 Å². The molecule has 0 radical (unpaired) electrons. The zero-order chi connectivity index (χ0) is 13.8. The van der Waals surface area contributed by atoms with E-state index in [2.05, 4.69) is 11.9 Å². The molecule has 2 aromatic rings. The molecule has 1 N–H and O–H groups in total. The van der Waals surface area contributed by atoms with Crippen LogP contribution in [0.15, 0.2) is 27.8 Å². The summed E-state index contributed by atoms with van der Waals surface area (Å²) in [5, 5.41) is 0.482. The predicted octanol–water partition coefficient (Wildman–Crippen LogP) is 1.89. The van der Waals surface area contributed by atoms with E-state index in [0.717, 1.165) is 19.3 Å².